The van der Waals surface area contributed by atoms with Crippen LogP contribution in [0.5, 0.6) is 5.75 Å². The van der Waals surface area contributed by atoms with Crippen LogP contribution >= 0.6 is 0 Å². The Hall–Kier alpha value is -3.00. The SMILES string of the molecule is CC1CN(Cc2ccc(OCc3cccc(C#N)c3)cc2)C(=O)O1. The van der Waals surface area contributed by atoms with Crippen LogP contribution in [0.25, 0.3) is 0 Å². The number of hydrogen-bond acceptors (Lipinski definition) is 4. The molecule has 2 aromatic carbocycles. The smallest absolute Gasteiger partial charge is 0.410 e. The van der Waals surface area contributed by atoms with Gasteiger partial charge in [0.2, 0.25) is 0 Å². The van der Waals surface area contributed by atoms with Crippen LogP contribution in [0.15, 0.2) is 48.5 Å². The van der Waals surface area contributed by atoms with Gasteiger partial charge in [0, 0.05) is 6.54 Å². The number of rotatable bonds is 5. The number of nitrogens with zero attached hydrogens (tertiary/aromatic N) is 2. The summed E-state index contributed by atoms with van der Waals surface area (Å²) in [5.74, 6) is 0.749. The molecule has 0 bridgehead atoms. The molecule has 5 nitrogen and oxygen atoms in total. The first kappa shape index (κ1) is 15.9. The van der Waals surface area contributed by atoms with Crippen LogP contribution in [0, 0.1) is 11.3 Å². The van der Waals surface area contributed by atoms with E-state index in [-0.39, 0.29) is 12.2 Å². The number of cyclic esters (lactones) is 1. The van der Waals surface area contributed by atoms with E-state index in [1.807, 2.05) is 49.4 Å². The minimum Gasteiger partial charge on any atom is -0.489 e. The number of carbonyl (C=O) groups is 1. The Bertz CT molecular complexity index is 765. The number of carbonyl (C=O) groups excluding carboxylic acids is 1. The molecule has 0 spiro atoms. The molecular formula is C19H18N2O3. The molecule has 0 N–H and O–H groups in total. The zero-order chi connectivity index (χ0) is 16.9. The van der Waals surface area contributed by atoms with Gasteiger partial charge in [-0.05, 0) is 42.3 Å². The minimum absolute atomic E-state index is 0.0516. The summed E-state index contributed by atoms with van der Waals surface area (Å²) in [5.41, 5.74) is 2.60. The number of nitriles is 1. The Morgan fingerprint density at radius 3 is 2.71 bits per heavy atom. The van der Waals surface area contributed by atoms with E-state index in [1.54, 1.807) is 11.0 Å². The van der Waals surface area contributed by atoms with E-state index in [4.69, 9.17) is 14.7 Å². The van der Waals surface area contributed by atoms with Gasteiger partial charge in [0.1, 0.15) is 18.5 Å². The second kappa shape index (κ2) is 7.05. The predicted octanol–water partition coefficient (Wildman–Crippen LogP) is 3.48. The fourth-order valence-electron chi connectivity index (χ4n) is 2.61. The lowest BCUT2D eigenvalue weighted by molar-refractivity contribution is 0.137. The normalized spacial score (nSPS) is 16.6. The molecule has 1 atom stereocenters. The maximum absolute atomic E-state index is 11.6. The van der Waals surface area contributed by atoms with Gasteiger partial charge in [-0.2, -0.15) is 5.26 Å². The molecule has 1 aliphatic rings. The molecule has 0 radical (unpaired) electrons. The van der Waals surface area contributed by atoms with Crippen molar-refractivity contribution < 1.29 is 14.3 Å². The second-order valence-electron chi connectivity index (χ2n) is 5.82. The molecular weight excluding hydrogens is 304 g/mol. The molecule has 1 unspecified atom stereocenters. The van der Waals surface area contributed by atoms with Crippen LogP contribution in [0.4, 0.5) is 4.79 Å². The third-order valence-electron chi connectivity index (χ3n) is 3.80. The molecule has 1 heterocycles. The van der Waals surface area contributed by atoms with Gasteiger partial charge in [0.15, 0.2) is 0 Å². The van der Waals surface area contributed by atoms with Gasteiger partial charge < -0.3 is 14.4 Å². The molecule has 1 aliphatic heterocycles. The average molecular weight is 322 g/mol. The number of benzene rings is 2. The fraction of sp³-hybridized carbons (Fsp3) is 0.263. The monoisotopic (exact) mass is 322 g/mol. The molecule has 3 rings (SSSR count). The van der Waals surface area contributed by atoms with Gasteiger partial charge in [-0.3, -0.25) is 0 Å². The van der Waals surface area contributed by atoms with Crippen molar-refractivity contribution in [2.75, 3.05) is 6.54 Å². The van der Waals surface area contributed by atoms with Gasteiger partial charge in [0.25, 0.3) is 0 Å². The summed E-state index contributed by atoms with van der Waals surface area (Å²) in [6.45, 7) is 3.45. The van der Waals surface area contributed by atoms with Crippen LogP contribution in [0.3, 0.4) is 0 Å². The van der Waals surface area contributed by atoms with E-state index < -0.39 is 0 Å². The summed E-state index contributed by atoms with van der Waals surface area (Å²) < 4.78 is 10.9. The van der Waals surface area contributed by atoms with Crippen LogP contribution in [0.1, 0.15) is 23.6 Å². The molecule has 122 valence electrons. The molecule has 1 amide bonds. The average Bonchev–Trinajstić information content (AvgIpc) is 2.91. The van der Waals surface area contributed by atoms with Crippen molar-refractivity contribution >= 4 is 6.09 Å². The summed E-state index contributed by atoms with van der Waals surface area (Å²) in [6, 6.07) is 17.1. The molecule has 0 saturated carbocycles. The lowest BCUT2D eigenvalue weighted by Gasteiger charge is -2.13. The highest BCUT2D eigenvalue weighted by atomic mass is 16.6. The van der Waals surface area contributed by atoms with Crippen LogP contribution in [0.2, 0.25) is 0 Å². The van der Waals surface area contributed by atoms with Gasteiger partial charge in [0.05, 0.1) is 18.2 Å². The lowest BCUT2D eigenvalue weighted by atomic mass is 10.1. The van der Waals surface area contributed by atoms with Crippen LogP contribution in [-0.4, -0.2) is 23.6 Å². The van der Waals surface area contributed by atoms with Gasteiger partial charge in [-0.25, -0.2) is 4.79 Å². The van der Waals surface area contributed by atoms with Crippen molar-refractivity contribution in [3.05, 3.63) is 65.2 Å². The van der Waals surface area contributed by atoms with Crippen molar-refractivity contribution in [2.24, 2.45) is 0 Å². The summed E-state index contributed by atoms with van der Waals surface area (Å²) in [6.07, 6.45) is -0.315. The molecule has 0 aliphatic carbocycles. The maximum Gasteiger partial charge on any atom is 0.410 e. The highest BCUT2D eigenvalue weighted by Crippen LogP contribution is 2.18. The molecule has 0 aromatic heterocycles. The molecule has 1 saturated heterocycles. The molecule has 1 fully saturated rings. The van der Waals surface area contributed by atoms with E-state index in [0.29, 0.717) is 25.3 Å². The maximum atomic E-state index is 11.6. The molecule has 5 heteroatoms. The predicted molar refractivity (Wildman–Crippen MR) is 88.3 cm³/mol. The third kappa shape index (κ3) is 3.85. The highest BCUT2D eigenvalue weighted by Gasteiger charge is 2.27. The first-order valence-electron chi connectivity index (χ1n) is 7.80. The van der Waals surface area contributed by atoms with Crippen molar-refractivity contribution in [3.8, 4) is 11.8 Å². The minimum atomic E-state index is -0.264. The van der Waals surface area contributed by atoms with Gasteiger partial charge in [-0.1, -0.05) is 24.3 Å². The summed E-state index contributed by atoms with van der Waals surface area (Å²) >= 11 is 0. The van der Waals surface area contributed by atoms with Crippen molar-refractivity contribution in [1.29, 1.82) is 5.26 Å². The van der Waals surface area contributed by atoms with Crippen molar-refractivity contribution in [2.45, 2.75) is 26.2 Å². The van der Waals surface area contributed by atoms with E-state index in [2.05, 4.69) is 6.07 Å². The molecule has 2 aromatic rings. The Morgan fingerprint density at radius 2 is 2.04 bits per heavy atom. The van der Waals surface area contributed by atoms with Gasteiger partial charge in [-0.15, -0.1) is 0 Å². The van der Waals surface area contributed by atoms with E-state index in [9.17, 15) is 4.79 Å². The van der Waals surface area contributed by atoms with Crippen molar-refractivity contribution in [1.82, 2.24) is 4.90 Å². The third-order valence-corrected chi connectivity index (χ3v) is 3.80. The summed E-state index contributed by atoms with van der Waals surface area (Å²) in [5, 5.41) is 8.90. The highest BCUT2D eigenvalue weighted by molar-refractivity contribution is 5.69. The Labute approximate surface area is 141 Å². The summed E-state index contributed by atoms with van der Waals surface area (Å²) in [4.78, 5) is 13.3. The Kier molecular flexibility index (Phi) is 4.66. The van der Waals surface area contributed by atoms with Gasteiger partial charge >= 0.3 is 6.09 Å². The first-order valence-corrected chi connectivity index (χ1v) is 7.80. The number of hydrogen-bond donors (Lipinski definition) is 0. The fourth-order valence-corrected chi connectivity index (χ4v) is 2.61. The largest absolute Gasteiger partial charge is 0.489 e. The van der Waals surface area contributed by atoms with E-state index in [0.717, 1.165) is 16.9 Å². The topological polar surface area (TPSA) is 62.6 Å². The van der Waals surface area contributed by atoms with E-state index in [1.165, 1.54) is 0 Å². The zero-order valence-corrected chi connectivity index (χ0v) is 13.4. The first-order chi connectivity index (χ1) is 11.6. The van der Waals surface area contributed by atoms with Crippen molar-refractivity contribution in [3.63, 3.8) is 0 Å². The lowest BCUT2D eigenvalue weighted by Crippen LogP contribution is -2.24. The Balaban J connectivity index is 1.56. The van der Waals surface area contributed by atoms with Crippen LogP contribution < -0.4 is 4.74 Å². The second-order valence-corrected chi connectivity index (χ2v) is 5.82. The quantitative estimate of drug-likeness (QED) is 0.845. The number of amides is 1. The standard InChI is InChI=1S/C19H18N2O3/c1-14-11-21(19(22)24-14)12-15-5-7-18(8-6-15)23-13-17-4-2-3-16(9-17)10-20/h2-9,14H,11-13H2,1H3. The number of ether oxygens (including phenoxy) is 2. The summed E-state index contributed by atoms with van der Waals surface area (Å²) in [7, 11) is 0. The Morgan fingerprint density at radius 1 is 1.25 bits per heavy atom. The van der Waals surface area contributed by atoms with Crippen LogP contribution in [-0.2, 0) is 17.9 Å². The molecule has 24 heavy (non-hydrogen) atoms. The zero-order valence-electron chi connectivity index (χ0n) is 13.4. The van der Waals surface area contributed by atoms with E-state index >= 15 is 0 Å².